The molecule has 1 aromatic carbocycles. The molecule has 6 heteroatoms. The lowest BCUT2D eigenvalue weighted by atomic mass is 9.86. The van der Waals surface area contributed by atoms with E-state index in [-0.39, 0.29) is 0 Å². The van der Waals surface area contributed by atoms with Crippen LogP contribution >= 0.6 is 11.6 Å². The van der Waals surface area contributed by atoms with E-state index < -0.39 is 0 Å². The average Bonchev–Trinajstić information content (AvgIpc) is 2.62. The van der Waals surface area contributed by atoms with Gasteiger partial charge in [0, 0.05) is 19.1 Å². The smallest absolute Gasteiger partial charge is 0.224 e. The number of nitrogens with one attached hydrogen (secondary N) is 2. The van der Waals surface area contributed by atoms with Gasteiger partial charge in [-0.05, 0) is 37.2 Å². The minimum Gasteiger partial charge on any atom is -0.368 e. The van der Waals surface area contributed by atoms with Crippen LogP contribution in [0.1, 0.15) is 31.2 Å². The molecule has 0 saturated heterocycles. The van der Waals surface area contributed by atoms with Gasteiger partial charge in [0.15, 0.2) is 0 Å². The van der Waals surface area contributed by atoms with E-state index in [2.05, 4.69) is 32.7 Å². The van der Waals surface area contributed by atoms with Gasteiger partial charge in [0.05, 0.1) is 6.20 Å². The maximum absolute atomic E-state index is 6.22. The van der Waals surface area contributed by atoms with E-state index in [1.807, 2.05) is 18.2 Å². The number of nitrogens with two attached hydrogens (primary N) is 1. The van der Waals surface area contributed by atoms with E-state index in [0.29, 0.717) is 35.3 Å². The van der Waals surface area contributed by atoms with Gasteiger partial charge in [0.25, 0.3) is 0 Å². The third kappa shape index (κ3) is 4.82. The second kappa shape index (κ2) is 8.31. The lowest BCUT2D eigenvalue weighted by Crippen LogP contribution is -2.29. The summed E-state index contributed by atoms with van der Waals surface area (Å²) < 4.78 is 0. The number of halogens is 1. The van der Waals surface area contributed by atoms with Crippen LogP contribution in [0.3, 0.4) is 0 Å². The van der Waals surface area contributed by atoms with Crippen molar-refractivity contribution in [2.75, 3.05) is 17.2 Å². The summed E-state index contributed by atoms with van der Waals surface area (Å²) >= 11 is 6.22. The monoisotopic (exact) mass is 345 g/mol. The van der Waals surface area contributed by atoms with E-state index in [4.69, 9.17) is 17.3 Å². The number of aromatic nitrogens is 2. The fraction of sp³-hybridized carbons (Fsp3) is 0.444. The largest absolute Gasteiger partial charge is 0.368 e. The first-order chi connectivity index (χ1) is 11.7. The molecule has 0 radical (unpaired) electrons. The van der Waals surface area contributed by atoms with Gasteiger partial charge in [0.1, 0.15) is 10.8 Å². The molecule has 0 atom stereocenters. The van der Waals surface area contributed by atoms with Crippen molar-refractivity contribution in [3.05, 3.63) is 47.1 Å². The normalized spacial score (nSPS) is 20.6. The summed E-state index contributed by atoms with van der Waals surface area (Å²) in [5.74, 6) is 1.91. The zero-order chi connectivity index (χ0) is 16.8. The van der Waals surface area contributed by atoms with Gasteiger partial charge < -0.3 is 16.4 Å². The van der Waals surface area contributed by atoms with Crippen LogP contribution in [0.5, 0.6) is 0 Å². The van der Waals surface area contributed by atoms with Crippen molar-refractivity contribution in [3.63, 3.8) is 0 Å². The molecule has 1 saturated carbocycles. The van der Waals surface area contributed by atoms with Crippen molar-refractivity contribution in [2.24, 2.45) is 11.7 Å². The number of hydrogen-bond acceptors (Lipinski definition) is 5. The predicted octanol–water partition coefficient (Wildman–Crippen LogP) is 3.67. The summed E-state index contributed by atoms with van der Waals surface area (Å²) in [5.41, 5.74) is 7.14. The molecule has 0 spiro atoms. The molecule has 0 unspecified atom stereocenters. The lowest BCUT2D eigenvalue weighted by Gasteiger charge is -2.26. The van der Waals surface area contributed by atoms with Gasteiger partial charge in [-0.3, -0.25) is 0 Å². The highest BCUT2D eigenvalue weighted by Crippen LogP contribution is 2.25. The van der Waals surface area contributed by atoms with E-state index in [1.54, 1.807) is 6.20 Å². The Balaban J connectivity index is 1.55. The van der Waals surface area contributed by atoms with Crippen LogP contribution in [0.4, 0.5) is 11.8 Å². The van der Waals surface area contributed by atoms with Crippen LogP contribution < -0.4 is 16.4 Å². The first-order valence-electron chi connectivity index (χ1n) is 8.50. The van der Waals surface area contributed by atoms with Gasteiger partial charge in [-0.15, -0.1) is 0 Å². The first-order valence-corrected chi connectivity index (χ1v) is 8.88. The van der Waals surface area contributed by atoms with Gasteiger partial charge in [-0.1, -0.05) is 41.9 Å². The van der Waals surface area contributed by atoms with Gasteiger partial charge in [-0.2, -0.15) is 4.98 Å². The highest BCUT2D eigenvalue weighted by atomic mass is 35.5. The van der Waals surface area contributed by atoms with Crippen LogP contribution in [-0.4, -0.2) is 22.6 Å². The first kappa shape index (κ1) is 17.0. The molecule has 1 aromatic heterocycles. The maximum atomic E-state index is 6.22. The Hall–Kier alpha value is -1.85. The number of nitrogens with zero attached hydrogens (tertiary/aromatic N) is 2. The summed E-state index contributed by atoms with van der Waals surface area (Å²) in [4.78, 5) is 8.74. The molecule has 0 amide bonds. The molecule has 24 heavy (non-hydrogen) atoms. The molecule has 0 bridgehead atoms. The molecule has 1 heterocycles. The fourth-order valence-corrected chi connectivity index (χ4v) is 3.14. The quantitative estimate of drug-likeness (QED) is 0.744. The van der Waals surface area contributed by atoms with E-state index in [9.17, 15) is 0 Å². The Morgan fingerprint density at radius 3 is 2.58 bits per heavy atom. The summed E-state index contributed by atoms with van der Waals surface area (Å²) in [6.45, 7) is 1.56. The Labute approximate surface area is 148 Å². The van der Waals surface area contributed by atoms with Crippen molar-refractivity contribution in [3.8, 4) is 0 Å². The molecule has 3 rings (SSSR count). The van der Waals surface area contributed by atoms with Gasteiger partial charge in [-0.25, -0.2) is 4.98 Å². The number of rotatable bonds is 6. The summed E-state index contributed by atoms with van der Waals surface area (Å²) in [5, 5.41) is 7.16. The fourth-order valence-electron chi connectivity index (χ4n) is 2.99. The molecule has 4 N–H and O–H groups in total. The van der Waals surface area contributed by atoms with Crippen LogP contribution in [0.2, 0.25) is 5.02 Å². The molecule has 0 aliphatic heterocycles. The Morgan fingerprint density at radius 1 is 1.08 bits per heavy atom. The van der Waals surface area contributed by atoms with E-state index in [0.717, 1.165) is 32.2 Å². The Bertz CT molecular complexity index is 641. The number of hydrogen-bond donors (Lipinski definition) is 3. The van der Waals surface area contributed by atoms with E-state index in [1.165, 1.54) is 5.56 Å². The summed E-state index contributed by atoms with van der Waals surface area (Å²) in [6.07, 6.45) is 6.18. The third-order valence-corrected chi connectivity index (χ3v) is 4.76. The molecular formula is C18H24ClN5. The third-order valence-electron chi connectivity index (χ3n) is 4.49. The van der Waals surface area contributed by atoms with E-state index >= 15 is 0 Å². The minimum absolute atomic E-state index is 0.373. The van der Waals surface area contributed by atoms with Crippen molar-refractivity contribution >= 4 is 23.4 Å². The highest BCUT2D eigenvalue weighted by Gasteiger charge is 2.18. The minimum atomic E-state index is 0.373. The predicted molar refractivity (Wildman–Crippen MR) is 99.2 cm³/mol. The van der Waals surface area contributed by atoms with Crippen LogP contribution in [0, 0.1) is 5.92 Å². The van der Waals surface area contributed by atoms with Crippen LogP contribution in [0.15, 0.2) is 36.5 Å². The number of anilines is 2. The molecule has 128 valence electrons. The Kier molecular flexibility index (Phi) is 5.88. The SMILES string of the molecule is NC1CCC(CNc2nc(NCc3ccccc3)ncc2Cl)CC1. The van der Waals surface area contributed by atoms with Crippen LogP contribution in [-0.2, 0) is 6.54 Å². The Morgan fingerprint density at radius 2 is 1.83 bits per heavy atom. The lowest BCUT2D eigenvalue weighted by molar-refractivity contribution is 0.338. The molecule has 1 fully saturated rings. The number of benzene rings is 1. The van der Waals surface area contributed by atoms with Gasteiger partial charge in [0.2, 0.25) is 5.95 Å². The second-order valence-corrected chi connectivity index (χ2v) is 6.80. The average molecular weight is 346 g/mol. The second-order valence-electron chi connectivity index (χ2n) is 6.39. The van der Waals surface area contributed by atoms with Crippen molar-refractivity contribution in [1.82, 2.24) is 9.97 Å². The molecule has 5 nitrogen and oxygen atoms in total. The van der Waals surface area contributed by atoms with Crippen molar-refractivity contribution in [1.29, 1.82) is 0 Å². The van der Waals surface area contributed by atoms with Crippen molar-refractivity contribution < 1.29 is 0 Å². The maximum Gasteiger partial charge on any atom is 0.224 e. The van der Waals surface area contributed by atoms with Crippen molar-refractivity contribution in [2.45, 2.75) is 38.3 Å². The highest BCUT2D eigenvalue weighted by molar-refractivity contribution is 6.32. The topological polar surface area (TPSA) is 75.9 Å². The van der Waals surface area contributed by atoms with Gasteiger partial charge >= 0.3 is 0 Å². The molecular weight excluding hydrogens is 322 g/mol. The standard InChI is InChI=1S/C18H24ClN5/c19-16-12-23-18(22-11-13-4-2-1-3-5-13)24-17(16)21-10-14-6-8-15(20)9-7-14/h1-5,12,14-15H,6-11,20H2,(H2,21,22,23,24). The zero-order valence-corrected chi connectivity index (χ0v) is 14.5. The zero-order valence-electron chi connectivity index (χ0n) is 13.7. The van der Waals surface area contributed by atoms with Crippen LogP contribution in [0.25, 0.3) is 0 Å². The molecule has 1 aliphatic carbocycles. The summed E-state index contributed by atoms with van der Waals surface area (Å²) in [7, 11) is 0. The molecule has 1 aliphatic rings. The summed E-state index contributed by atoms with van der Waals surface area (Å²) in [6, 6.07) is 10.5. The molecule has 2 aromatic rings.